The highest BCUT2D eigenvalue weighted by molar-refractivity contribution is 5.94. The minimum absolute atomic E-state index is 0.195. The molecular formula is C24H24N6O2. The van der Waals surface area contributed by atoms with Crippen LogP contribution < -0.4 is 5.32 Å². The molecule has 2 aliphatic heterocycles. The van der Waals surface area contributed by atoms with Gasteiger partial charge < -0.3 is 10.1 Å². The summed E-state index contributed by atoms with van der Waals surface area (Å²) in [6, 6.07) is 10.3. The lowest BCUT2D eigenvalue weighted by Crippen LogP contribution is -2.45. The van der Waals surface area contributed by atoms with Crippen LogP contribution in [0.5, 0.6) is 0 Å². The van der Waals surface area contributed by atoms with Crippen LogP contribution in [0.3, 0.4) is 0 Å². The van der Waals surface area contributed by atoms with Crippen LogP contribution in [-0.4, -0.2) is 45.3 Å². The molecule has 1 atom stereocenters. The van der Waals surface area contributed by atoms with Crippen molar-refractivity contribution in [1.29, 1.82) is 5.26 Å². The molecule has 1 saturated heterocycles. The molecule has 0 saturated carbocycles. The van der Waals surface area contributed by atoms with Gasteiger partial charge in [0, 0.05) is 44.0 Å². The predicted octanol–water partition coefficient (Wildman–Crippen LogP) is 2.57. The van der Waals surface area contributed by atoms with Crippen LogP contribution in [-0.2, 0) is 17.9 Å². The van der Waals surface area contributed by atoms with Gasteiger partial charge in [-0.3, -0.25) is 9.88 Å². The van der Waals surface area contributed by atoms with E-state index in [0.717, 1.165) is 48.7 Å². The Morgan fingerprint density at radius 2 is 2.16 bits per heavy atom. The zero-order valence-electron chi connectivity index (χ0n) is 18.1. The van der Waals surface area contributed by atoms with Crippen molar-refractivity contribution in [2.45, 2.75) is 33.0 Å². The Morgan fingerprint density at radius 1 is 1.28 bits per heavy atom. The second-order valence-electron chi connectivity index (χ2n) is 8.32. The SMILES string of the molecule is Cc1nn(-c2ccc(CN3CCN[C@H](c4ccc5c(c4C)COC5=O)C3)nc2)cc1C#N. The molecule has 0 unspecified atom stereocenters. The fraction of sp³-hybridized carbons (Fsp3) is 0.333. The smallest absolute Gasteiger partial charge is 0.338 e. The number of benzene rings is 1. The van der Waals surface area contributed by atoms with E-state index in [-0.39, 0.29) is 12.0 Å². The second-order valence-corrected chi connectivity index (χ2v) is 8.32. The van der Waals surface area contributed by atoms with E-state index in [2.05, 4.69) is 39.4 Å². The summed E-state index contributed by atoms with van der Waals surface area (Å²) in [7, 11) is 0. The number of nitrogens with zero attached hydrogens (tertiary/aromatic N) is 5. The number of nitriles is 1. The molecule has 0 aliphatic carbocycles. The number of carbonyl (C=O) groups is 1. The van der Waals surface area contributed by atoms with Crippen LogP contribution in [0.4, 0.5) is 0 Å². The number of cyclic esters (lactones) is 1. The molecule has 5 rings (SSSR count). The summed E-state index contributed by atoms with van der Waals surface area (Å²) in [4.78, 5) is 18.9. The maximum absolute atomic E-state index is 11.8. The molecule has 0 amide bonds. The van der Waals surface area contributed by atoms with E-state index in [1.807, 2.05) is 25.1 Å². The first-order chi connectivity index (χ1) is 15.5. The number of nitrogens with one attached hydrogen (secondary N) is 1. The summed E-state index contributed by atoms with van der Waals surface area (Å²) in [6.07, 6.45) is 3.52. The molecule has 2 aliphatic rings. The van der Waals surface area contributed by atoms with Crippen molar-refractivity contribution >= 4 is 5.97 Å². The van der Waals surface area contributed by atoms with Gasteiger partial charge in [-0.1, -0.05) is 6.07 Å². The molecule has 8 nitrogen and oxygen atoms in total. The topological polar surface area (TPSA) is 96.1 Å². The van der Waals surface area contributed by atoms with Gasteiger partial charge in [-0.05, 0) is 43.2 Å². The van der Waals surface area contributed by atoms with Crippen molar-refractivity contribution in [2.24, 2.45) is 0 Å². The number of rotatable bonds is 4. The monoisotopic (exact) mass is 428 g/mol. The molecule has 4 heterocycles. The highest BCUT2D eigenvalue weighted by Gasteiger charge is 2.28. The molecule has 3 aromatic rings. The molecule has 1 N–H and O–H groups in total. The summed E-state index contributed by atoms with van der Waals surface area (Å²) in [6.45, 7) is 7.71. The van der Waals surface area contributed by atoms with Crippen molar-refractivity contribution in [3.8, 4) is 11.8 Å². The van der Waals surface area contributed by atoms with E-state index in [9.17, 15) is 4.79 Å². The van der Waals surface area contributed by atoms with Gasteiger partial charge in [0.05, 0.1) is 34.4 Å². The Bertz CT molecular complexity index is 1220. The minimum Gasteiger partial charge on any atom is -0.457 e. The van der Waals surface area contributed by atoms with Crippen LogP contribution in [0.15, 0.2) is 36.7 Å². The molecule has 0 spiro atoms. The molecule has 1 fully saturated rings. The van der Waals surface area contributed by atoms with Crippen molar-refractivity contribution in [1.82, 2.24) is 25.0 Å². The van der Waals surface area contributed by atoms with Gasteiger partial charge in [0.1, 0.15) is 12.7 Å². The Hall–Kier alpha value is -3.54. The average molecular weight is 428 g/mol. The summed E-state index contributed by atoms with van der Waals surface area (Å²) >= 11 is 0. The number of hydrogen-bond acceptors (Lipinski definition) is 7. The van der Waals surface area contributed by atoms with Gasteiger partial charge in [-0.15, -0.1) is 0 Å². The lowest BCUT2D eigenvalue weighted by atomic mass is 9.93. The third-order valence-electron chi connectivity index (χ3n) is 6.32. The van der Waals surface area contributed by atoms with Crippen LogP contribution in [0.1, 0.15) is 50.0 Å². The second kappa shape index (κ2) is 8.19. The lowest BCUT2D eigenvalue weighted by molar-refractivity contribution is 0.0535. The van der Waals surface area contributed by atoms with E-state index >= 15 is 0 Å². The zero-order chi connectivity index (χ0) is 22.2. The zero-order valence-corrected chi connectivity index (χ0v) is 18.1. The number of carbonyl (C=O) groups excluding carboxylic acids is 1. The first-order valence-corrected chi connectivity index (χ1v) is 10.7. The Kier molecular flexibility index (Phi) is 5.21. The predicted molar refractivity (Wildman–Crippen MR) is 117 cm³/mol. The lowest BCUT2D eigenvalue weighted by Gasteiger charge is -2.34. The minimum atomic E-state index is -0.225. The Morgan fingerprint density at radius 3 is 2.91 bits per heavy atom. The van der Waals surface area contributed by atoms with E-state index in [1.54, 1.807) is 17.1 Å². The maximum Gasteiger partial charge on any atom is 0.338 e. The third kappa shape index (κ3) is 3.66. The van der Waals surface area contributed by atoms with E-state index in [4.69, 9.17) is 10.00 Å². The standard InChI is InChI=1S/C24H24N6O2/c1-15-20(5-6-21-22(15)14-32-24(21)31)23-13-29(8-7-26-23)12-18-3-4-19(10-27-18)30-11-17(9-25)16(2)28-30/h3-6,10-11,23,26H,7-8,12-14H2,1-2H3/t23-/m0/s1. The van der Waals surface area contributed by atoms with Crippen LogP contribution in [0, 0.1) is 25.2 Å². The van der Waals surface area contributed by atoms with Crippen LogP contribution in [0.2, 0.25) is 0 Å². The van der Waals surface area contributed by atoms with Gasteiger partial charge in [-0.25, -0.2) is 9.48 Å². The maximum atomic E-state index is 11.8. The van der Waals surface area contributed by atoms with E-state index in [1.165, 1.54) is 5.56 Å². The van der Waals surface area contributed by atoms with Gasteiger partial charge in [-0.2, -0.15) is 10.4 Å². The number of aromatic nitrogens is 3. The number of piperazine rings is 1. The largest absolute Gasteiger partial charge is 0.457 e. The van der Waals surface area contributed by atoms with Crippen molar-refractivity contribution in [3.05, 3.63) is 75.9 Å². The van der Waals surface area contributed by atoms with Crippen molar-refractivity contribution in [2.75, 3.05) is 19.6 Å². The number of fused-ring (bicyclic) bond motifs is 1. The van der Waals surface area contributed by atoms with Crippen molar-refractivity contribution < 1.29 is 9.53 Å². The summed E-state index contributed by atoms with van der Waals surface area (Å²) in [5.41, 5.74) is 7.17. The number of pyridine rings is 1. The molecule has 0 bridgehead atoms. The molecule has 0 radical (unpaired) electrons. The number of esters is 1. The van der Waals surface area contributed by atoms with Crippen LogP contribution >= 0.6 is 0 Å². The van der Waals surface area contributed by atoms with Gasteiger partial charge >= 0.3 is 5.97 Å². The first-order valence-electron chi connectivity index (χ1n) is 10.7. The Balaban J connectivity index is 1.29. The molecule has 162 valence electrons. The first kappa shape index (κ1) is 20.4. The number of hydrogen-bond donors (Lipinski definition) is 1. The van der Waals surface area contributed by atoms with Gasteiger partial charge in [0.2, 0.25) is 0 Å². The average Bonchev–Trinajstić information content (AvgIpc) is 3.37. The number of aryl methyl sites for hydroxylation is 1. The molecular weight excluding hydrogens is 404 g/mol. The summed E-state index contributed by atoms with van der Waals surface area (Å²) < 4.78 is 6.89. The van der Waals surface area contributed by atoms with Crippen LogP contribution in [0.25, 0.3) is 5.69 Å². The summed E-state index contributed by atoms with van der Waals surface area (Å²) in [5.74, 6) is -0.225. The number of ether oxygens (including phenoxy) is 1. The van der Waals surface area contributed by atoms with Gasteiger partial charge in [0.25, 0.3) is 0 Å². The highest BCUT2D eigenvalue weighted by Crippen LogP contribution is 2.30. The van der Waals surface area contributed by atoms with Crippen molar-refractivity contribution in [3.63, 3.8) is 0 Å². The Labute approximate surface area is 186 Å². The summed E-state index contributed by atoms with van der Waals surface area (Å²) in [5, 5.41) is 17.1. The molecule has 32 heavy (non-hydrogen) atoms. The van der Waals surface area contributed by atoms with E-state index < -0.39 is 0 Å². The normalized spacial score (nSPS) is 18.3. The fourth-order valence-electron chi connectivity index (χ4n) is 4.48. The molecule has 8 heteroatoms. The van der Waals surface area contributed by atoms with Gasteiger partial charge in [0.15, 0.2) is 0 Å². The van der Waals surface area contributed by atoms with E-state index in [0.29, 0.717) is 23.4 Å². The third-order valence-corrected chi connectivity index (χ3v) is 6.32. The highest BCUT2D eigenvalue weighted by atomic mass is 16.5. The quantitative estimate of drug-likeness (QED) is 0.638. The molecule has 1 aromatic carbocycles. The molecule has 2 aromatic heterocycles. The fourth-order valence-corrected chi connectivity index (χ4v) is 4.48.